The van der Waals surface area contributed by atoms with E-state index in [1.54, 1.807) is 48.3 Å². The molecule has 1 aliphatic rings. The summed E-state index contributed by atoms with van der Waals surface area (Å²) in [6, 6.07) is 8.80. The molecule has 1 aliphatic carbocycles. The van der Waals surface area contributed by atoms with Gasteiger partial charge in [0.15, 0.2) is 11.5 Å². The minimum atomic E-state index is -4.47. The normalized spacial score (nSPS) is 14.1. The van der Waals surface area contributed by atoms with E-state index in [1.165, 1.54) is 4.68 Å². The molecule has 2 heterocycles. The second kappa shape index (κ2) is 7.50. The predicted octanol–water partition coefficient (Wildman–Crippen LogP) is 3.99. The molecule has 5 nitrogen and oxygen atoms in total. The summed E-state index contributed by atoms with van der Waals surface area (Å²) in [7, 11) is 1.78. The number of ketones is 1. The number of carbonyl (C=O) groups is 1. The predicted molar refractivity (Wildman–Crippen MR) is 101 cm³/mol. The molecule has 0 amide bonds. The molecule has 4 rings (SSSR count). The molecule has 8 heteroatoms. The van der Waals surface area contributed by atoms with Crippen LogP contribution in [0.3, 0.4) is 0 Å². The number of Topliss-reactive ketones (excluding diaryl/α,β-unsaturated/α-hetero) is 1. The Morgan fingerprint density at radius 1 is 1.10 bits per heavy atom. The number of aryl methyl sites for hydroxylation is 1. The van der Waals surface area contributed by atoms with Gasteiger partial charge in [0, 0.05) is 30.1 Å². The number of hydrogen-bond acceptors (Lipinski definition) is 3. The first kappa shape index (κ1) is 19.4. The van der Waals surface area contributed by atoms with Gasteiger partial charge in [0.1, 0.15) is 0 Å². The van der Waals surface area contributed by atoms with Gasteiger partial charge in [-0.05, 0) is 37.3 Å². The number of halogens is 3. The van der Waals surface area contributed by atoms with Gasteiger partial charge in [0.25, 0.3) is 0 Å². The van der Waals surface area contributed by atoms with Gasteiger partial charge in [-0.3, -0.25) is 14.2 Å². The van der Waals surface area contributed by atoms with Crippen molar-refractivity contribution in [2.24, 2.45) is 7.05 Å². The minimum Gasteiger partial charge on any atom is -0.294 e. The molecule has 0 spiro atoms. The first-order chi connectivity index (χ1) is 13.8. The Morgan fingerprint density at radius 2 is 1.86 bits per heavy atom. The Morgan fingerprint density at radius 3 is 2.59 bits per heavy atom. The first-order valence-corrected chi connectivity index (χ1v) is 9.58. The zero-order valence-corrected chi connectivity index (χ0v) is 16.0. The van der Waals surface area contributed by atoms with E-state index in [2.05, 4.69) is 10.2 Å². The van der Waals surface area contributed by atoms with Crippen molar-refractivity contribution in [3.05, 3.63) is 70.3 Å². The zero-order valence-electron chi connectivity index (χ0n) is 16.0. The molecule has 3 aromatic rings. The van der Waals surface area contributed by atoms with Crippen LogP contribution in [0.2, 0.25) is 0 Å². The van der Waals surface area contributed by atoms with Gasteiger partial charge >= 0.3 is 6.18 Å². The molecule has 2 aromatic heterocycles. The van der Waals surface area contributed by atoms with Crippen molar-refractivity contribution in [1.82, 2.24) is 19.6 Å². The van der Waals surface area contributed by atoms with E-state index in [0.717, 1.165) is 12.8 Å². The van der Waals surface area contributed by atoms with E-state index < -0.39 is 11.9 Å². The topological polar surface area (TPSA) is 52.7 Å². The number of aromatic nitrogens is 4. The molecule has 0 unspecified atom stereocenters. The third kappa shape index (κ3) is 3.97. The maximum absolute atomic E-state index is 13.4. The summed E-state index contributed by atoms with van der Waals surface area (Å²) >= 11 is 0. The molecular weight excluding hydrogens is 381 g/mol. The van der Waals surface area contributed by atoms with Crippen LogP contribution in [0.1, 0.15) is 51.4 Å². The summed E-state index contributed by atoms with van der Waals surface area (Å²) in [5.41, 5.74) is 1.97. The Hall–Kier alpha value is -2.90. The van der Waals surface area contributed by atoms with Gasteiger partial charge in [-0.2, -0.15) is 23.4 Å². The SMILES string of the molecule is Cn1ccc(CC(=O)c2ccccc2Cn2nc(C(F)(F)F)c3c2CCCC3)n1. The van der Waals surface area contributed by atoms with E-state index in [4.69, 9.17) is 0 Å². The average Bonchev–Trinajstić information content (AvgIpc) is 3.26. The minimum absolute atomic E-state index is 0.114. The Labute approximate surface area is 166 Å². The summed E-state index contributed by atoms with van der Waals surface area (Å²) in [5, 5.41) is 8.14. The van der Waals surface area contributed by atoms with Crippen molar-refractivity contribution in [1.29, 1.82) is 0 Å². The van der Waals surface area contributed by atoms with Crippen LogP contribution < -0.4 is 0 Å². The molecule has 0 saturated carbocycles. The fraction of sp³-hybridized carbons (Fsp3) is 0.381. The number of fused-ring (bicyclic) bond motifs is 1. The van der Waals surface area contributed by atoms with Gasteiger partial charge in [0.2, 0.25) is 0 Å². The lowest BCUT2D eigenvalue weighted by molar-refractivity contribution is -0.142. The monoisotopic (exact) mass is 402 g/mol. The summed E-state index contributed by atoms with van der Waals surface area (Å²) in [6.45, 7) is 0.141. The highest BCUT2D eigenvalue weighted by molar-refractivity contribution is 5.98. The summed E-state index contributed by atoms with van der Waals surface area (Å²) in [6.07, 6.45) is -0.0167. The smallest absolute Gasteiger partial charge is 0.294 e. The van der Waals surface area contributed by atoms with Gasteiger partial charge in [-0.15, -0.1) is 0 Å². The molecule has 0 saturated heterocycles. The highest BCUT2D eigenvalue weighted by Crippen LogP contribution is 2.36. The van der Waals surface area contributed by atoms with Crippen molar-refractivity contribution in [2.75, 3.05) is 0 Å². The van der Waals surface area contributed by atoms with Crippen LogP contribution in [-0.2, 0) is 39.0 Å². The highest BCUT2D eigenvalue weighted by atomic mass is 19.4. The van der Waals surface area contributed by atoms with Crippen molar-refractivity contribution in [2.45, 2.75) is 44.8 Å². The summed E-state index contributed by atoms with van der Waals surface area (Å²) < 4.78 is 43.4. The number of hydrogen-bond donors (Lipinski definition) is 0. The van der Waals surface area contributed by atoms with E-state index in [9.17, 15) is 18.0 Å². The Bertz CT molecular complexity index is 1050. The van der Waals surface area contributed by atoms with Crippen molar-refractivity contribution in [3.63, 3.8) is 0 Å². The van der Waals surface area contributed by atoms with E-state index in [1.807, 2.05) is 0 Å². The van der Waals surface area contributed by atoms with Crippen LogP contribution in [0, 0.1) is 0 Å². The van der Waals surface area contributed by atoms with Crippen LogP contribution in [0.4, 0.5) is 13.2 Å². The maximum Gasteiger partial charge on any atom is 0.435 e. The first-order valence-electron chi connectivity index (χ1n) is 9.58. The quantitative estimate of drug-likeness (QED) is 0.607. The van der Waals surface area contributed by atoms with Crippen molar-refractivity contribution in [3.8, 4) is 0 Å². The van der Waals surface area contributed by atoms with Gasteiger partial charge in [-0.1, -0.05) is 24.3 Å². The highest BCUT2D eigenvalue weighted by Gasteiger charge is 2.39. The van der Waals surface area contributed by atoms with E-state index >= 15 is 0 Å². The number of carbonyl (C=O) groups excluding carboxylic acids is 1. The Balaban J connectivity index is 1.66. The lowest BCUT2D eigenvalue weighted by Gasteiger charge is -2.15. The van der Waals surface area contributed by atoms with E-state index in [-0.39, 0.29) is 18.7 Å². The fourth-order valence-corrected chi connectivity index (χ4v) is 3.94. The van der Waals surface area contributed by atoms with Gasteiger partial charge in [0.05, 0.1) is 18.7 Å². The molecule has 29 heavy (non-hydrogen) atoms. The molecule has 0 fully saturated rings. The van der Waals surface area contributed by atoms with Gasteiger partial charge in [-0.25, -0.2) is 0 Å². The molecule has 0 radical (unpaired) electrons. The fourth-order valence-electron chi connectivity index (χ4n) is 3.94. The van der Waals surface area contributed by atoms with Crippen molar-refractivity contribution >= 4 is 5.78 Å². The molecule has 0 atom stereocenters. The van der Waals surface area contributed by atoms with Crippen LogP contribution in [-0.4, -0.2) is 25.3 Å². The lowest BCUT2D eigenvalue weighted by atomic mass is 9.95. The third-order valence-corrected chi connectivity index (χ3v) is 5.27. The average molecular weight is 402 g/mol. The second-order valence-electron chi connectivity index (χ2n) is 7.37. The largest absolute Gasteiger partial charge is 0.435 e. The lowest BCUT2D eigenvalue weighted by Crippen LogP contribution is -2.14. The summed E-state index contributed by atoms with van der Waals surface area (Å²) in [5.74, 6) is -0.114. The van der Waals surface area contributed by atoms with Crippen molar-refractivity contribution < 1.29 is 18.0 Å². The third-order valence-electron chi connectivity index (χ3n) is 5.27. The molecular formula is C21H21F3N4O. The maximum atomic E-state index is 13.4. The number of alkyl halides is 3. The standard InChI is InChI=1S/C21H21F3N4O/c1-27-11-10-15(25-27)12-19(29)16-7-3-2-6-14(16)13-28-18-9-5-4-8-17(18)20(26-28)21(22,23)24/h2-3,6-7,10-11H,4-5,8-9,12-13H2,1H3. The molecule has 0 aliphatic heterocycles. The summed E-state index contributed by atoms with van der Waals surface area (Å²) in [4.78, 5) is 12.8. The molecule has 0 bridgehead atoms. The number of benzene rings is 1. The van der Waals surface area contributed by atoms with Crippen LogP contribution in [0.25, 0.3) is 0 Å². The second-order valence-corrected chi connectivity index (χ2v) is 7.37. The van der Waals surface area contributed by atoms with Crippen LogP contribution >= 0.6 is 0 Å². The molecule has 1 aromatic carbocycles. The molecule has 0 N–H and O–H groups in total. The zero-order chi connectivity index (χ0) is 20.6. The molecule has 152 valence electrons. The van der Waals surface area contributed by atoms with Gasteiger partial charge < -0.3 is 0 Å². The number of rotatable bonds is 5. The van der Waals surface area contributed by atoms with E-state index in [0.29, 0.717) is 40.9 Å². The number of nitrogens with zero attached hydrogens (tertiary/aromatic N) is 4. The Kier molecular flexibility index (Phi) is 5.02. The van der Waals surface area contributed by atoms with Crippen LogP contribution in [0.5, 0.6) is 0 Å². The van der Waals surface area contributed by atoms with Crippen LogP contribution in [0.15, 0.2) is 36.5 Å².